The third kappa shape index (κ3) is 6.36. The Morgan fingerprint density at radius 1 is 0.610 bits per heavy atom. The van der Waals surface area contributed by atoms with E-state index in [1.165, 1.54) is 56.3 Å². The van der Waals surface area contributed by atoms with E-state index in [0.717, 1.165) is 11.1 Å². The van der Waals surface area contributed by atoms with Crippen LogP contribution in [0.1, 0.15) is 29.0 Å². The molecule has 0 saturated heterocycles. The van der Waals surface area contributed by atoms with E-state index in [4.69, 9.17) is 12.3 Å². The second-order valence-corrected chi connectivity index (χ2v) is 10.2. The zero-order chi connectivity index (χ0) is 35.0. The molecule has 7 aromatic rings. The molecule has 1 radical (unpaired) electrons. The van der Waals surface area contributed by atoms with Crippen LogP contribution in [0.3, 0.4) is 0 Å². The first-order valence-corrected chi connectivity index (χ1v) is 13.4. The van der Waals surface area contributed by atoms with E-state index < -0.39 is 20.6 Å². The molecule has 4 aromatic carbocycles. The zero-order valence-electron chi connectivity index (χ0n) is 30.6. The molecule has 3 heterocycles. The van der Waals surface area contributed by atoms with Crippen molar-refractivity contribution < 1.29 is 32.4 Å². The summed E-state index contributed by atoms with van der Waals surface area (Å²) < 4.78 is 68.6. The molecule has 0 atom stereocenters. The molecule has 0 fully saturated rings. The van der Waals surface area contributed by atoms with Gasteiger partial charge < -0.3 is 9.97 Å². The average molecular weight is 734 g/mol. The second kappa shape index (κ2) is 12.7. The molecule has 0 saturated carbocycles. The molecule has 203 valence electrons. The number of fused-ring (bicyclic) bond motifs is 3. The Balaban J connectivity index is 0.000000204. The van der Waals surface area contributed by atoms with Gasteiger partial charge in [-0.2, -0.15) is 0 Å². The summed E-state index contributed by atoms with van der Waals surface area (Å²) >= 11 is 1.81. The summed E-state index contributed by atoms with van der Waals surface area (Å²) in [5.41, 5.74) is 5.63. The van der Waals surface area contributed by atoms with Crippen molar-refractivity contribution in [2.24, 2.45) is 0 Å². The molecule has 3 aromatic heterocycles. The van der Waals surface area contributed by atoms with Crippen molar-refractivity contribution in [3.05, 3.63) is 144 Å². The van der Waals surface area contributed by atoms with Crippen molar-refractivity contribution in [1.29, 1.82) is 0 Å². The van der Waals surface area contributed by atoms with Gasteiger partial charge in [0.25, 0.3) is 0 Å². The van der Waals surface area contributed by atoms with Crippen LogP contribution in [-0.4, -0.2) is 9.97 Å². The fourth-order valence-electron chi connectivity index (χ4n) is 4.46. The minimum atomic E-state index is -2.18. The Morgan fingerprint density at radius 2 is 1.24 bits per heavy atom. The zero-order valence-corrected chi connectivity index (χ0v) is 24.8. The van der Waals surface area contributed by atoms with Crippen LogP contribution < -0.4 is 0 Å². The van der Waals surface area contributed by atoms with Crippen LogP contribution in [0, 0.1) is 32.7 Å². The minimum Gasteiger partial charge on any atom is -0.304 e. The molecule has 0 bridgehead atoms. The first kappa shape index (κ1) is 19.2. The summed E-state index contributed by atoms with van der Waals surface area (Å²) in [6.07, 6.45) is 2.72. The van der Waals surface area contributed by atoms with Gasteiger partial charge in [-0.1, -0.05) is 72.6 Å². The Morgan fingerprint density at radius 3 is 1.83 bits per heavy atom. The van der Waals surface area contributed by atoms with Crippen LogP contribution in [-0.2, 0) is 20.1 Å². The van der Waals surface area contributed by atoms with E-state index >= 15 is 0 Å². The number of benzene rings is 4. The fraction of sp³-hybridized carbons (Fsp3) is 0.0811. The molecule has 4 heteroatoms. The fourth-order valence-corrected chi connectivity index (χ4v) is 5.59. The van der Waals surface area contributed by atoms with Crippen molar-refractivity contribution in [2.45, 2.75) is 20.6 Å². The van der Waals surface area contributed by atoms with Gasteiger partial charge in [-0.05, 0) is 53.7 Å². The van der Waals surface area contributed by atoms with Crippen LogP contribution in [0.15, 0.2) is 116 Å². The molecule has 0 spiro atoms. The number of aromatic nitrogens is 2. The summed E-state index contributed by atoms with van der Waals surface area (Å²) in [5, 5.41) is 2.54. The number of rotatable bonds is 3. The van der Waals surface area contributed by atoms with Crippen molar-refractivity contribution in [3.8, 4) is 33.6 Å². The van der Waals surface area contributed by atoms with Crippen LogP contribution in [0.2, 0.25) is 0 Å². The van der Waals surface area contributed by atoms with Crippen molar-refractivity contribution in [3.63, 3.8) is 0 Å². The molecule has 0 aliphatic carbocycles. The van der Waals surface area contributed by atoms with Crippen LogP contribution in [0.4, 0.5) is 0 Å². The molecule has 2 nitrogen and oxygen atoms in total. The van der Waals surface area contributed by atoms with E-state index in [9.17, 15) is 0 Å². The largest absolute Gasteiger partial charge is 0.304 e. The third-order valence-corrected chi connectivity index (χ3v) is 7.55. The Kier molecular flexibility index (Phi) is 5.95. The maximum Gasteiger partial charge on any atom is 0.0355 e. The van der Waals surface area contributed by atoms with E-state index in [1.807, 2.05) is 23.5 Å². The molecule has 0 unspecified atom stereocenters. The number of nitrogens with zero attached hydrogens (tertiary/aromatic N) is 2. The van der Waals surface area contributed by atoms with Crippen LogP contribution in [0.25, 0.3) is 53.8 Å². The number of pyridine rings is 2. The van der Waals surface area contributed by atoms with Gasteiger partial charge in [-0.15, -0.1) is 76.6 Å². The predicted octanol–water partition coefficient (Wildman–Crippen LogP) is 10.1. The SMILES string of the molecule is [2H]C([2H])([2H])c1c[c-]c(-c2ccc(C([2H])([2H])[2H])cn2)cc1.[2H]C([2H])([2H])c1ccc(-c2[c-]cc(-c3cccc4sc5ccccc5c34)cc2)nc1.[Ir]. The molecule has 0 amide bonds. The molecule has 0 aliphatic heterocycles. The van der Waals surface area contributed by atoms with E-state index in [-0.39, 0.29) is 36.8 Å². The van der Waals surface area contributed by atoms with E-state index in [0.29, 0.717) is 17.0 Å². The first-order valence-electron chi connectivity index (χ1n) is 17.1. The molecule has 0 aliphatic rings. The van der Waals surface area contributed by atoms with Crippen molar-refractivity contribution in [1.82, 2.24) is 9.97 Å². The second-order valence-electron chi connectivity index (χ2n) is 9.12. The Bertz CT molecular complexity index is 2150. The summed E-state index contributed by atoms with van der Waals surface area (Å²) in [5.74, 6) is 0. The van der Waals surface area contributed by atoms with Gasteiger partial charge in [0, 0.05) is 59.6 Å². The standard InChI is InChI=1S/C24H16NS.C13H12N.Ir/c1-16-9-14-21(25-15-16)18-12-10-17(11-13-18)19-6-4-8-23-24(19)20-5-2-3-7-22(20)26-23;1-10-3-6-12(7-4-10)13-8-5-11(2)9-14-13;/h2-12,14-15H,1H3;3-6,8-9H,1-2H3;/q2*-1;/i1D3;1D3,2D3;. The van der Waals surface area contributed by atoms with Gasteiger partial charge in [0.15, 0.2) is 0 Å². The maximum absolute atomic E-state index is 7.47. The third-order valence-electron chi connectivity index (χ3n) is 6.42. The molecular weight excluding hydrogens is 697 g/mol. The monoisotopic (exact) mass is 734 g/mol. The van der Waals surface area contributed by atoms with Crippen molar-refractivity contribution >= 4 is 31.5 Å². The summed E-state index contributed by atoms with van der Waals surface area (Å²) in [6, 6.07) is 38.0. The quantitative estimate of drug-likeness (QED) is 0.169. The smallest absolute Gasteiger partial charge is 0.0355 e. The summed E-state index contributed by atoms with van der Waals surface area (Å²) in [4.78, 5) is 8.39. The topological polar surface area (TPSA) is 25.8 Å². The Hall–Kier alpha value is -3.95. The predicted molar refractivity (Wildman–Crippen MR) is 170 cm³/mol. The van der Waals surface area contributed by atoms with Gasteiger partial charge in [0.1, 0.15) is 0 Å². The average Bonchev–Trinajstić information content (AvgIpc) is 3.47. The van der Waals surface area contributed by atoms with Gasteiger partial charge in [-0.25, -0.2) is 0 Å². The van der Waals surface area contributed by atoms with Gasteiger partial charge >= 0.3 is 0 Å². The molecule has 7 rings (SSSR count). The van der Waals surface area contributed by atoms with Crippen LogP contribution in [0.5, 0.6) is 0 Å². The molecule has 0 N–H and O–H groups in total. The maximum atomic E-state index is 7.47. The molecule has 41 heavy (non-hydrogen) atoms. The number of hydrogen-bond donors (Lipinski definition) is 0. The molecular formula is C37H28IrN2S-2. The number of aryl methyl sites for hydroxylation is 3. The van der Waals surface area contributed by atoms with E-state index in [1.54, 1.807) is 24.3 Å². The normalized spacial score (nSPS) is 14.8. The van der Waals surface area contributed by atoms with E-state index in [2.05, 4.69) is 70.6 Å². The Labute approximate surface area is 271 Å². The van der Waals surface area contributed by atoms with Crippen LogP contribution >= 0.6 is 11.3 Å². The summed E-state index contributed by atoms with van der Waals surface area (Å²) in [7, 11) is 0. The number of thiophene rings is 1. The minimum absolute atomic E-state index is 0. The van der Waals surface area contributed by atoms with Gasteiger partial charge in [-0.3, -0.25) is 0 Å². The number of hydrogen-bond acceptors (Lipinski definition) is 3. The van der Waals surface area contributed by atoms with Gasteiger partial charge in [0.2, 0.25) is 0 Å². The van der Waals surface area contributed by atoms with Gasteiger partial charge in [0.05, 0.1) is 0 Å². The summed E-state index contributed by atoms with van der Waals surface area (Å²) in [6.45, 7) is -6.48. The first-order chi connectivity index (χ1) is 23.2. The van der Waals surface area contributed by atoms with Crippen molar-refractivity contribution in [2.75, 3.05) is 0 Å².